The van der Waals surface area contributed by atoms with Crippen molar-refractivity contribution in [2.24, 2.45) is 17.8 Å². The SMILES string of the molecule is CC(C)C[C@H](O)[C@H](O)[C@H](CC1CCCCC1)N(CC1(O)CCCCC1)C(=O)[C@@H](CC(=O)NCc1ccc2c(c1)OCO2)Cc1cscn1. The fraction of sp³-hybridized carbons (Fsp3) is 0.703. The second-order valence-electron chi connectivity index (χ2n) is 14.8. The summed E-state index contributed by atoms with van der Waals surface area (Å²) in [7, 11) is 0. The van der Waals surface area contributed by atoms with Gasteiger partial charge in [-0.1, -0.05) is 71.3 Å². The molecule has 2 amide bonds. The second kappa shape index (κ2) is 17.3. The molecule has 2 aliphatic carbocycles. The van der Waals surface area contributed by atoms with Crippen LogP contribution in [0.25, 0.3) is 0 Å². The number of benzene rings is 1. The lowest BCUT2D eigenvalue weighted by Crippen LogP contribution is -2.58. The van der Waals surface area contributed by atoms with Gasteiger partial charge in [-0.2, -0.15) is 0 Å². The van der Waals surface area contributed by atoms with Crippen LogP contribution < -0.4 is 14.8 Å². The van der Waals surface area contributed by atoms with Crippen molar-refractivity contribution >= 4 is 23.2 Å². The minimum atomic E-state index is -1.18. The van der Waals surface area contributed by atoms with Crippen LogP contribution in [0.1, 0.15) is 109 Å². The van der Waals surface area contributed by atoms with E-state index in [-0.39, 0.29) is 50.5 Å². The van der Waals surface area contributed by atoms with Gasteiger partial charge in [-0.25, -0.2) is 4.98 Å². The Hall–Kier alpha value is -2.73. The van der Waals surface area contributed by atoms with Gasteiger partial charge in [0.15, 0.2) is 11.5 Å². The first-order chi connectivity index (χ1) is 23.1. The Morgan fingerprint density at radius 3 is 2.50 bits per heavy atom. The number of nitrogens with zero attached hydrogens (tertiary/aromatic N) is 2. The zero-order chi connectivity index (χ0) is 34.1. The van der Waals surface area contributed by atoms with Crippen LogP contribution in [0.2, 0.25) is 0 Å². The van der Waals surface area contributed by atoms with E-state index in [2.05, 4.69) is 10.3 Å². The van der Waals surface area contributed by atoms with Crippen LogP contribution in [0, 0.1) is 17.8 Å². The highest BCUT2D eigenvalue weighted by atomic mass is 32.1. The first kappa shape index (κ1) is 36.5. The summed E-state index contributed by atoms with van der Waals surface area (Å²) >= 11 is 1.44. The van der Waals surface area contributed by atoms with Crippen LogP contribution in [-0.4, -0.2) is 74.2 Å². The van der Waals surface area contributed by atoms with Crippen molar-refractivity contribution < 1.29 is 34.4 Å². The predicted octanol–water partition coefficient (Wildman–Crippen LogP) is 5.37. The summed E-state index contributed by atoms with van der Waals surface area (Å²) in [5, 5.41) is 39.9. The number of nitrogens with one attached hydrogen (secondary N) is 1. The van der Waals surface area contributed by atoms with Crippen molar-refractivity contribution in [3.05, 3.63) is 40.3 Å². The molecule has 1 aromatic carbocycles. The van der Waals surface area contributed by atoms with Gasteiger partial charge in [0.25, 0.3) is 0 Å². The minimum Gasteiger partial charge on any atom is -0.454 e. The molecule has 4 N–H and O–H groups in total. The molecule has 0 radical (unpaired) electrons. The molecule has 5 rings (SSSR count). The molecular formula is C37H55N3O7S. The highest BCUT2D eigenvalue weighted by molar-refractivity contribution is 7.07. The number of amides is 2. The zero-order valence-electron chi connectivity index (χ0n) is 28.6. The van der Waals surface area contributed by atoms with E-state index >= 15 is 0 Å². The van der Waals surface area contributed by atoms with Gasteiger partial charge < -0.3 is 35.0 Å². The number of fused-ring (bicyclic) bond motifs is 1. The Bertz CT molecular complexity index is 1310. The van der Waals surface area contributed by atoms with Gasteiger partial charge >= 0.3 is 0 Å². The molecule has 0 unspecified atom stereocenters. The Morgan fingerprint density at radius 2 is 1.79 bits per heavy atom. The molecule has 2 heterocycles. The summed E-state index contributed by atoms with van der Waals surface area (Å²) < 4.78 is 10.9. The molecule has 4 atom stereocenters. The maximum Gasteiger partial charge on any atom is 0.231 e. The molecule has 11 heteroatoms. The van der Waals surface area contributed by atoms with Gasteiger partial charge in [0.1, 0.15) is 6.10 Å². The smallest absolute Gasteiger partial charge is 0.231 e. The van der Waals surface area contributed by atoms with Gasteiger partial charge in [0.2, 0.25) is 18.6 Å². The predicted molar refractivity (Wildman–Crippen MR) is 185 cm³/mol. The Labute approximate surface area is 289 Å². The van der Waals surface area contributed by atoms with Crippen LogP contribution in [0.15, 0.2) is 29.1 Å². The molecule has 2 aromatic rings. The zero-order valence-corrected chi connectivity index (χ0v) is 29.5. The molecular weight excluding hydrogens is 630 g/mol. The summed E-state index contributed by atoms with van der Waals surface area (Å²) in [6, 6.07) is 4.85. The Kier molecular flexibility index (Phi) is 13.2. The number of carbonyl (C=O) groups is 2. The normalized spacial score (nSPS) is 20.2. The van der Waals surface area contributed by atoms with Gasteiger partial charge in [-0.15, -0.1) is 11.3 Å². The molecule has 266 valence electrons. The highest BCUT2D eigenvalue weighted by Crippen LogP contribution is 2.36. The molecule has 1 aliphatic heterocycles. The second-order valence-corrected chi connectivity index (χ2v) is 15.5. The Morgan fingerprint density at radius 1 is 1.06 bits per heavy atom. The van der Waals surface area contributed by atoms with E-state index in [4.69, 9.17) is 9.47 Å². The largest absolute Gasteiger partial charge is 0.454 e. The Balaban J connectivity index is 1.41. The fourth-order valence-corrected chi connectivity index (χ4v) is 8.33. The third-order valence-corrected chi connectivity index (χ3v) is 11.0. The molecule has 10 nitrogen and oxygen atoms in total. The molecule has 0 saturated heterocycles. The maximum atomic E-state index is 14.9. The summed E-state index contributed by atoms with van der Waals surface area (Å²) in [6.45, 7) is 4.52. The minimum absolute atomic E-state index is 0.0705. The van der Waals surface area contributed by atoms with Crippen LogP contribution in [0.5, 0.6) is 11.5 Å². The summed E-state index contributed by atoms with van der Waals surface area (Å²) in [5.41, 5.74) is 2.21. The third kappa shape index (κ3) is 10.2. The topological polar surface area (TPSA) is 141 Å². The number of rotatable bonds is 16. The first-order valence-corrected chi connectivity index (χ1v) is 19.0. The lowest BCUT2D eigenvalue weighted by molar-refractivity contribution is -0.153. The van der Waals surface area contributed by atoms with E-state index in [1.807, 2.05) is 37.4 Å². The van der Waals surface area contributed by atoms with Gasteiger partial charge in [0, 0.05) is 31.3 Å². The number of aliphatic hydroxyl groups is 3. The molecule has 48 heavy (non-hydrogen) atoms. The van der Waals surface area contributed by atoms with E-state index in [1.54, 1.807) is 10.4 Å². The maximum absolute atomic E-state index is 14.9. The van der Waals surface area contributed by atoms with Crippen LogP contribution >= 0.6 is 11.3 Å². The number of hydrogen-bond donors (Lipinski definition) is 4. The van der Waals surface area contributed by atoms with Crippen molar-refractivity contribution in [3.63, 3.8) is 0 Å². The van der Waals surface area contributed by atoms with Gasteiger partial charge in [-0.05, 0) is 55.2 Å². The number of thiazole rings is 1. The average Bonchev–Trinajstić information content (AvgIpc) is 3.77. The molecule has 3 aliphatic rings. The first-order valence-electron chi connectivity index (χ1n) is 18.0. The van der Waals surface area contributed by atoms with Crippen LogP contribution in [0.3, 0.4) is 0 Å². The van der Waals surface area contributed by atoms with Crippen molar-refractivity contribution in [3.8, 4) is 11.5 Å². The van der Waals surface area contributed by atoms with E-state index in [0.29, 0.717) is 43.1 Å². The van der Waals surface area contributed by atoms with Crippen molar-refractivity contribution in [2.75, 3.05) is 13.3 Å². The van der Waals surface area contributed by atoms with Crippen LogP contribution in [0.4, 0.5) is 0 Å². The van der Waals surface area contributed by atoms with Crippen molar-refractivity contribution in [1.82, 2.24) is 15.2 Å². The highest BCUT2D eigenvalue weighted by Gasteiger charge is 2.43. The van der Waals surface area contributed by atoms with Gasteiger partial charge in [-0.3, -0.25) is 9.59 Å². The lowest BCUT2D eigenvalue weighted by atomic mass is 9.79. The van der Waals surface area contributed by atoms with Gasteiger partial charge in [0.05, 0.1) is 34.9 Å². The third-order valence-electron chi connectivity index (χ3n) is 10.4. The van der Waals surface area contributed by atoms with Crippen molar-refractivity contribution in [1.29, 1.82) is 0 Å². The number of ether oxygens (including phenoxy) is 2. The summed E-state index contributed by atoms with van der Waals surface area (Å²) in [5.74, 6) is 0.447. The van der Waals surface area contributed by atoms with Crippen molar-refractivity contribution in [2.45, 2.75) is 134 Å². The number of hydrogen-bond acceptors (Lipinski definition) is 9. The quantitative estimate of drug-likeness (QED) is 0.185. The molecule has 0 spiro atoms. The van der Waals surface area contributed by atoms with E-state index in [9.17, 15) is 24.9 Å². The number of aromatic nitrogens is 1. The average molecular weight is 686 g/mol. The van der Waals surface area contributed by atoms with E-state index < -0.39 is 29.8 Å². The summed E-state index contributed by atoms with van der Waals surface area (Å²) in [6.07, 6.45) is 8.29. The van der Waals surface area contributed by atoms with E-state index in [1.165, 1.54) is 17.8 Å². The monoisotopic (exact) mass is 685 g/mol. The number of carbonyl (C=O) groups excluding carboxylic acids is 2. The molecule has 1 aromatic heterocycles. The number of aliphatic hydroxyl groups excluding tert-OH is 2. The fourth-order valence-electron chi connectivity index (χ4n) is 7.76. The summed E-state index contributed by atoms with van der Waals surface area (Å²) in [4.78, 5) is 34.6. The lowest BCUT2D eigenvalue weighted by Gasteiger charge is -2.45. The molecule has 0 bridgehead atoms. The molecule has 2 saturated carbocycles. The van der Waals surface area contributed by atoms with Crippen LogP contribution in [-0.2, 0) is 22.6 Å². The molecule has 2 fully saturated rings. The standard InChI is InChI=1S/C37H55N3O7S/c1-25(2)15-31(41)35(43)30(16-26-9-5-3-6-10-26)40(22-37(45)13-7-4-8-14-37)36(44)28(18-29-21-48-23-39-29)19-34(42)38-20-27-11-12-32-33(17-27)47-24-46-32/h11-12,17,21,23,25-26,28,30-31,35,41,43,45H,3-10,13-16,18-20,22,24H2,1-2H3,(H,38,42)/t28-,30+,31+,35-/m1/s1. The van der Waals surface area contributed by atoms with E-state index in [0.717, 1.165) is 56.2 Å².